The average molecular weight is 203 g/mol. The highest BCUT2D eigenvalue weighted by Crippen LogP contribution is 2.30. The van der Waals surface area contributed by atoms with E-state index in [2.05, 4.69) is 0 Å². The predicted octanol–water partition coefficient (Wildman–Crippen LogP) is 3.50. The number of nitrogens with two attached hydrogens (primary N) is 1. The van der Waals surface area contributed by atoms with Crippen LogP contribution in [0.15, 0.2) is 29.8 Å². The molecule has 1 aliphatic carbocycles. The second-order valence-corrected chi connectivity index (χ2v) is 4.10. The molecule has 1 fully saturated rings. The topological polar surface area (TPSA) is 46.2 Å². The molecular weight excluding hydrogens is 186 g/mol. The SMILES string of the molecule is Nc1ccccc1C(O)=C1CCCCC1. The maximum atomic E-state index is 10.1. The van der Waals surface area contributed by atoms with Crippen LogP contribution in [0.1, 0.15) is 37.7 Å². The predicted molar refractivity (Wildman–Crippen MR) is 63.5 cm³/mol. The van der Waals surface area contributed by atoms with Crippen LogP contribution in [0.2, 0.25) is 0 Å². The second-order valence-electron chi connectivity index (χ2n) is 4.10. The van der Waals surface area contributed by atoms with Gasteiger partial charge in [0.2, 0.25) is 0 Å². The molecule has 1 aromatic carbocycles. The molecule has 3 N–H and O–H groups in total. The largest absolute Gasteiger partial charge is 0.507 e. The van der Waals surface area contributed by atoms with Crippen LogP contribution in [0.25, 0.3) is 5.76 Å². The van der Waals surface area contributed by atoms with E-state index in [9.17, 15) is 5.11 Å². The number of para-hydroxylation sites is 1. The van der Waals surface area contributed by atoms with Crippen molar-refractivity contribution < 1.29 is 5.11 Å². The molecule has 0 spiro atoms. The van der Waals surface area contributed by atoms with E-state index >= 15 is 0 Å². The van der Waals surface area contributed by atoms with Gasteiger partial charge >= 0.3 is 0 Å². The molecule has 1 saturated carbocycles. The van der Waals surface area contributed by atoms with Crippen molar-refractivity contribution in [2.75, 3.05) is 5.73 Å². The van der Waals surface area contributed by atoms with Crippen molar-refractivity contribution in [2.24, 2.45) is 0 Å². The molecule has 2 rings (SSSR count). The van der Waals surface area contributed by atoms with E-state index in [1.807, 2.05) is 24.3 Å². The molecule has 2 heteroatoms. The van der Waals surface area contributed by atoms with E-state index in [-0.39, 0.29) is 0 Å². The Balaban J connectivity index is 2.33. The normalized spacial score (nSPS) is 16.4. The number of rotatable bonds is 1. The maximum Gasteiger partial charge on any atom is 0.124 e. The van der Waals surface area contributed by atoms with Gasteiger partial charge in [0.15, 0.2) is 0 Å². The van der Waals surface area contributed by atoms with Crippen LogP contribution < -0.4 is 5.73 Å². The minimum absolute atomic E-state index is 0.410. The first-order valence-electron chi connectivity index (χ1n) is 5.55. The van der Waals surface area contributed by atoms with Crippen molar-refractivity contribution in [3.8, 4) is 0 Å². The van der Waals surface area contributed by atoms with Gasteiger partial charge in [0.1, 0.15) is 5.76 Å². The van der Waals surface area contributed by atoms with Crippen LogP contribution in [0.5, 0.6) is 0 Å². The summed E-state index contributed by atoms with van der Waals surface area (Å²) in [6.45, 7) is 0. The van der Waals surface area contributed by atoms with Crippen LogP contribution in [-0.2, 0) is 0 Å². The molecule has 0 atom stereocenters. The third-order valence-corrected chi connectivity index (χ3v) is 3.01. The lowest BCUT2D eigenvalue weighted by Gasteiger charge is -2.16. The molecule has 0 unspecified atom stereocenters. The summed E-state index contributed by atoms with van der Waals surface area (Å²) in [6.07, 6.45) is 5.68. The standard InChI is InChI=1S/C13H17NO/c14-12-9-5-4-8-11(12)13(15)10-6-2-1-3-7-10/h4-5,8-9,15H,1-3,6-7,14H2. The van der Waals surface area contributed by atoms with Crippen LogP contribution >= 0.6 is 0 Å². The van der Waals surface area contributed by atoms with Crippen molar-refractivity contribution in [3.05, 3.63) is 35.4 Å². The van der Waals surface area contributed by atoms with Crippen LogP contribution in [-0.4, -0.2) is 5.11 Å². The van der Waals surface area contributed by atoms with Crippen LogP contribution in [0, 0.1) is 0 Å². The highest BCUT2D eigenvalue weighted by Gasteiger charge is 2.13. The third-order valence-electron chi connectivity index (χ3n) is 3.01. The summed E-state index contributed by atoms with van der Waals surface area (Å²) in [5.74, 6) is 0.410. The molecule has 0 aliphatic heterocycles. The van der Waals surface area contributed by atoms with Gasteiger partial charge in [0.05, 0.1) is 0 Å². The third kappa shape index (κ3) is 2.14. The number of nitrogen functional groups attached to an aromatic ring is 1. The highest BCUT2D eigenvalue weighted by atomic mass is 16.3. The summed E-state index contributed by atoms with van der Waals surface area (Å²) in [5.41, 5.74) is 8.45. The zero-order valence-corrected chi connectivity index (χ0v) is 8.87. The van der Waals surface area contributed by atoms with Crippen molar-refractivity contribution >= 4 is 11.4 Å². The zero-order valence-electron chi connectivity index (χ0n) is 8.87. The summed E-state index contributed by atoms with van der Waals surface area (Å²) in [6, 6.07) is 7.50. The van der Waals surface area contributed by atoms with Crippen molar-refractivity contribution in [3.63, 3.8) is 0 Å². The average Bonchev–Trinajstić information content (AvgIpc) is 2.30. The Morgan fingerprint density at radius 3 is 2.40 bits per heavy atom. The molecule has 80 valence electrons. The highest BCUT2D eigenvalue weighted by molar-refractivity contribution is 5.72. The quantitative estimate of drug-likeness (QED) is 0.542. The van der Waals surface area contributed by atoms with Gasteiger partial charge in [-0.3, -0.25) is 0 Å². The molecule has 15 heavy (non-hydrogen) atoms. The van der Waals surface area contributed by atoms with E-state index in [0.29, 0.717) is 11.4 Å². The molecule has 1 aromatic rings. The van der Waals surface area contributed by atoms with E-state index in [4.69, 9.17) is 5.73 Å². The lowest BCUT2D eigenvalue weighted by Crippen LogP contribution is -2.00. The first-order valence-corrected chi connectivity index (χ1v) is 5.55. The zero-order chi connectivity index (χ0) is 10.7. The minimum Gasteiger partial charge on any atom is -0.507 e. The minimum atomic E-state index is 0.410. The van der Waals surface area contributed by atoms with E-state index in [1.54, 1.807) is 0 Å². The van der Waals surface area contributed by atoms with E-state index < -0.39 is 0 Å². The first kappa shape index (κ1) is 10.1. The Bertz CT molecular complexity index is 374. The van der Waals surface area contributed by atoms with Gasteiger partial charge in [-0.25, -0.2) is 0 Å². The lowest BCUT2D eigenvalue weighted by molar-refractivity contribution is 0.487. The summed E-state index contributed by atoms with van der Waals surface area (Å²) >= 11 is 0. The van der Waals surface area contributed by atoms with Gasteiger partial charge < -0.3 is 10.8 Å². The van der Waals surface area contributed by atoms with Crippen LogP contribution in [0.3, 0.4) is 0 Å². The first-order chi connectivity index (χ1) is 7.29. The summed E-state index contributed by atoms with van der Waals surface area (Å²) < 4.78 is 0. The molecule has 0 heterocycles. The van der Waals surface area contributed by atoms with E-state index in [1.165, 1.54) is 24.8 Å². The Labute approximate surface area is 90.4 Å². The monoisotopic (exact) mass is 203 g/mol. The maximum absolute atomic E-state index is 10.1. The molecule has 0 saturated heterocycles. The molecule has 0 radical (unpaired) electrons. The Morgan fingerprint density at radius 2 is 1.73 bits per heavy atom. The lowest BCUT2D eigenvalue weighted by atomic mass is 9.92. The molecule has 0 aromatic heterocycles. The van der Waals surface area contributed by atoms with Gasteiger partial charge in [-0.2, -0.15) is 0 Å². The fourth-order valence-electron chi connectivity index (χ4n) is 2.12. The Kier molecular flexibility index (Phi) is 2.95. The number of aliphatic hydroxyl groups excluding tert-OH is 1. The smallest absolute Gasteiger partial charge is 0.124 e. The number of benzene rings is 1. The van der Waals surface area contributed by atoms with Crippen molar-refractivity contribution in [1.29, 1.82) is 0 Å². The van der Waals surface area contributed by atoms with Crippen molar-refractivity contribution in [2.45, 2.75) is 32.1 Å². The summed E-state index contributed by atoms with van der Waals surface area (Å²) in [5, 5.41) is 10.1. The molecule has 0 amide bonds. The van der Waals surface area contributed by atoms with Gasteiger partial charge in [-0.05, 0) is 43.4 Å². The van der Waals surface area contributed by atoms with E-state index in [0.717, 1.165) is 18.4 Å². The second kappa shape index (κ2) is 4.39. The number of hydrogen-bond acceptors (Lipinski definition) is 2. The molecule has 1 aliphatic rings. The van der Waals surface area contributed by atoms with Gasteiger partial charge in [-0.1, -0.05) is 18.6 Å². The fourth-order valence-corrected chi connectivity index (χ4v) is 2.12. The number of aliphatic hydroxyl groups is 1. The Morgan fingerprint density at radius 1 is 1.07 bits per heavy atom. The number of allylic oxidation sites excluding steroid dienone is 1. The summed E-state index contributed by atoms with van der Waals surface area (Å²) in [4.78, 5) is 0. The molecule has 2 nitrogen and oxygen atoms in total. The molecule has 0 bridgehead atoms. The summed E-state index contributed by atoms with van der Waals surface area (Å²) in [7, 11) is 0. The van der Waals surface area contributed by atoms with Gasteiger partial charge in [-0.15, -0.1) is 0 Å². The fraction of sp³-hybridized carbons (Fsp3) is 0.385. The van der Waals surface area contributed by atoms with Gasteiger partial charge in [0.25, 0.3) is 0 Å². The van der Waals surface area contributed by atoms with Gasteiger partial charge in [0, 0.05) is 11.3 Å². The van der Waals surface area contributed by atoms with Crippen molar-refractivity contribution in [1.82, 2.24) is 0 Å². The number of hydrogen-bond donors (Lipinski definition) is 2. The van der Waals surface area contributed by atoms with Crippen LogP contribution in [0.4, 0.5) is 5.69 Å². The molecular formula is C13H17NO. The Hall–Kier alpha value is -1.44. The number of anilines is 1.